The van der Waals surface area contributed by atoms with Crippen LogP contribution in [0.15, 0.2) is 27.6 Å². The molecule has 116 valence electrons. The normalized spacial score (nSPS) is 19.4. The van der Waals surface area contributed by atoms with Crippen molar-refractivity contribution in [3.63, 3.8) is 0 Å². The maximum Gasteiger partial charge on any atom is 0.289 e. The van der Waals surface area contributed by atoms with Gasteiger partial charge in [0, 0.05) is 23.6 Å². The predicted molar refractivity (Wildman–Crippen MR) is 79.6 cm³/mol. The molecule has 0 amide bonds. The summed E-state index contributed by atoms with van der Waals surface area (Å²) >= 11 is 3.15. The van der Waals surface area contributed by atoms with Crippen LogP contribution in [0, 0.1) is 10.1 Å². The van der Waals surface area contributed by atoms with Gasteiger partial charge in [-0.1, -0.05) is 15.9 Å². The lowest BCUT2D eigenvalue weighted by Crippen LogP contribution is -2.50. The van der Waals surface area contributed by atoms with Crippen molar-refractivity contribution in [2.45, 2.75) is 24.3 Å². The van der Waals surface area contributed by atoms with Gasteiger partial charge in [0.1, 0.15) is 0 Å². The molecule has 0 atom stereocenters. The molecule has 0 N–H and O–H groups in total. The Hall–Kier alpha value is -1.03. The largest absolute Gasteiger partial charge is 0.373 e. The molecule has 0 radical (unpaired) electrons. The Morgan fingerprint density at radius 2 is 2.10 bits per heavy atom. The van der Waals surface area contributed by atoms with E-state index in [1.165, 1.54) is 22.5 Å². The van der Waals surface area contributed by atoms with E-state index in [1.54, 1.807) is 13.8 Å². The van der Waals surface area contributed by atoms with Crippen molar-refractivity contribution in [2.75, 3.05) is 19.7 Å². The maximum absolute atomic E-state index is 12.7. The summed E-state index contributed by atoms with van der Waals surface area (Å²) in [6.07, 6.45) is 0. The first-order chi connectivity index (χ1) is 9.63. The van der Waals surface area contributed by atoms with E-state index in [0.717, 1.165) is 0 Å². The third kappa shape index (κ3) is 3.42. The molecule has 1 aliphatic rings. The van der Waals surface area contributed by atoms with Crippen molar-refractivity contribution >= 4 is 31.6 Å². The molecule has 0 saturated carbocycles. The van der Waals surface area contributed by atoms with Crippen LogP contribution in [0.2, 0.25) is 0 Å². The number of nitro groups is 1. The summed E-state index contributed by atoms with van der Waals surface area (Å²) in [6, 6.07) is 3.89. The number of morpholine rings is 1. The lowest BCUT2D eigenvalue weighted by molar-refractivity contribution is -0.387. The van der Waals surface area contributed by atoms with Gasteiger partial charge in [-0.2, -0.15) is 4.31 Å². The molecule has 1 aliphatic heterocycles. The van der Waals surface area contributed by atoms with Crippen LogP contribution in [0.1, 0.15) is 13.8 Å². The van der Waals surface area contributed by atoms with Crippen LogP contribution in [0.25, 0.3) is 0 Å². The fourth-order valence-electron chi connectivity index (χ4n) is 2.16. The highest BCUT2D eigenvalue weighted by Crippen LogP contribution is 2.31. The predicted octanol–water partition coefficient (Wildman–Crippen LogP) is 2.16. The molecule has 0 unspecified atom stereocenters. The van der Waals surface area contributed by atoms with Gasteiger partial charge in [0.15, 0.2) is 4.90 Å². The van der Waals surface area contributed by atoms with E-state index in [9.17, 15) is 18.5 Å². The third-order valence-corrected chi connectivity index (χ3v) is 5.49. The topological polar surface area (TPSA) is 89.8 Å². The minimum Gasteiger partial charge on any atom is -0.373 e. The van der Waals surface area contributed by atoms with Crippen LogP contribution in [0.4, 0.5) is 5.69 Å². The fraction of sp³-hybridized carbons (Fsp3) is 0.500. The summed E-state index contributed by atoms with van der Waals surface area (Å²) in [7, 11) is -3.95. The third-order valence-electron chi connectivity index (χ3n) is 3.13. The highest BCUT2D eigenvalue weighted by atomic mass is 79.9. The molecule has 9 heteroatoms. The van der Waals surface area contributed by atoms with Crippen molar-refractivity contribution in [1.29, 1.82) is 0 Å². The molecular weight excluding hydrogens is 364 g/mol. The van der Waals surface area contributed by atoms with Gasteiger partial charge in [-0.3, -0.25) is 10.1 Å². The number of nitro benzene ring substituents is 1. The van der Waals surface area contributed by atoms with Crippen molar-refractivity contribution in [3.8, 4) is 0 Å². The summed E-state index contributed by atoms with van der Waals surface area (Å²) in [5, 5.41) is 11.1. The number of benzene rings is 1. The fourth-order valence-corrected chi connectivity index (χ4v) is 4.43. The van der Waals surface area contributed by atoms with E-state index in [0.29, 0.717) is 4.47 Å². The van der Waals surface area contributed by atoms with Gasteiger partial charge in [0.05, 0.1) is 17.1 Å². The van der Waals surface area contributed by atoms with Crippen LogP contribution in [-0.4, -0.2) is 42.9 Å². The summed E-state index contributed by atoms with van der Waals surface area (Å²) in [4.78, 5) is 10.1. The molecule has 1 fully saturated rings. The van der Waals surface area contributed by atoms with Gasteiger partial charge in [0.25, 0.3) is 5.69 Å². The summed E-state index contributed by atoms with van der Waals surface area (Å²) in [5.74, 6) is 0. The van der Waals surface area contributed by atoms with E-state index < -0.39 is 26.2 Å². The van der Waals surface area contributed by atoms with Crippen LogP contribution in [-0.2, 0) is 14.8 Å². The Labute approximate surface area is 131 Å². The molecule has 0 aliphatic carbocycles. The summed E-state index contributed by atoms with van der Waals surface area (Å²) in [6.45, 7) is 4.15. The van der Waals surface area contributed by atoms with Crippen LogP contribution in [0.3, 0.4) is 0 Å². The Balaban J connectivity index is 2.49. The molecule has 21 heavy (non-hydrogen) atoms. The Morgan fingerprint density at radius 3 is 2.67 bits per heavy atom. The number of rotatable bonds is 3. The monoisotopic (exact) mass is 378 g/mol. The highest BCUT2D eigenvalue weighted by molar-refractivity contribution is 9.10. The van der Waals surface area contributed by atoms with Gasteiger partial charge in [-0.25, -0.2) is 8.42 Å². The second kappa shape index (κ2) is 5.64. The van der Waals surface area contributed by atoms with E-state index in [4.69, 9.17) is 4.74 Å². The molecule has 1 aromatic rings. The molecule has 1 aromatic carbocycles. The van der Waals surface area contributed by atoms with Crippen LogP contribution >= 0.6 is 15.9 Å². The Morgan fingerprint density at radius 1 is 1.43 bits per heavy atom. The van der Waals surface area contributed by atoms with Gasteiger partial charge < -0.3 is 4.74 Å². The van der Waals surface area contributed by atoms with Gasteiger partial charge in [-0.05, 0) is 26.0 Å². The smallest absolute Gasteiger partial charge is 0.289 e. The van der Waals surface area contributed by atoms with Crippen molar-refractivity contribution in [1.82, 2.24) is 4.31 Å². The number of sulfonamides is 1. The minimum atomic E-state index is -3.95. The Kier molecular flexibility index (Phi) is 4.39. The van der Waals surface area contributed by atoms with Gasteiger partial charge in [-0.15, -0.1) is 0 Å². The average Bonchev–Trinajstić information content (AvgIpc) is 2.37. The van der Waals surface area contributed by atoms with Crippen LogP contribution < -0.4 is 0 Å². The summed E-state index contributed by atoms with van der Waals surface area (Å²) in [5.41, 5.74) is -1.05. The molecule has 7 nitrogen and oxygen atoms in total. The minimum absolute atomic E-state index is 0.152. The van der Waals surface area contributed by atoms with Gasteiger partial charge >= 0.3 is 0 Å². The maximum atomic E-state index is 12.7. The average molecular weight is 379 g/mol. The molecule has 1 heterocycles. The van der Waals surface area contributed by atoms with Crippen molar-refractivity contribution in [3.05, 3.63) is 32.8 Å². The van der Waals surface area contributed by atoms with Gasteiger partial charge in [0.2, 0.25) is 10.0 Å². The van der Waals surface area contributed by atoms with Crippen molar-refractivity contribution in [2.24, 2.45) is 0 Å². The van der Waals surface area contributed by atoms with E-state index >= 15 is 0 Å². The standard InChI is InChI=1S/C12H15BrN2O5S/c1-12(2)8-14(5-6-20-12)21(18,19)11-7-9(13)3-4-10(11)15(16)17/h3-4,7H,5-6,8H2,1-2H3. The molecule has 0 aromatic heterocycles. The van der Waals surface area contributed by atoms with Crippen molar-refractivity contribution < 1.29 is 18.1 Å². The summed E-state index contributed by atoms with van der Waals surface area (Å²) < 4.78 is 32.6. The zero-order chi connectivity index (χ0) is 15.8. The zero-order valence-corrected chi connectivity index (χ0v) is 14.0. The number of halogens is 1. The molecular formula is C12H15BrN2O5S. The van der Waals surface area contributed by atoms with E-state index in [-0.39, 0.29) is 24.6 Å². The number of hydrogen-bond acceptors (Lipinski definition) is 5. The number of nitrogens with zero attached hydrogens (tertiary/aromatic N) is 2. The first kappa shape index (κ1) is 16.3. The lowest BCUT2D eigenvalue weighted by atomic mass is 10.1. The molecule has 1 saturated heterocycles. The molecule has 0 bridgehead atoms. The lowest BCUT2D eigenvalue weighted by Gasteiger charge is -2.37. The number of hydrogen-bond donors (Lipinski definition) is 0. The first-order valence-corrected chi connectivity index (χ1v) is 8.45. The molecule has 2 rings (SSSR count). The molecule has 0 spiro atoms. The second-order valence-corrected chi connectivity index (χ2v) is 8.14. The number of ether oxygens (including phenoxy) is 1. The van der Waals surface area contributed by atoms with E-state index in [1.807, 2.05) is 0 Å². The quantitative estimate of drug-likeness (QED) is 0.593. The van der Waals surface area contributed by atoms with Crippen LogP contribution in [0.5, 0.6) is 0 Å². The first-order valence-electron chi connectivity index (χ1n) is 6.21. The second-order valence-electron chi connectivity index (χ2n) is 5.32. The van der Waals surface area contributed by atoms with E-state index in [2.05, 4.69) is 15.9 Å². The Bertz CT molecular complexity index is 674. The zero-order valence-electron chi connectivity index (χ0n) is 11.6. The SMILES string of the molecule is CC1(C)CN(S(=O)(=O)c2cc(Br)ccc2[N+](=O)[O-])CCO1. The highest BCUT2D eigenvalue weighted by Gasteiger charge is 2.38.